The first kappa shape index (κ1) is 18.7. The molecular formula is C24H21NO4. The minimum atomic E-state index is -1.06. The molecule has 1 aliphatic carbocycles. The maximum absolute atomic E-state index is 13.2. The molecule has 0 saturated carbocycles. The normalized spacial score (nSPS) is 13.3. The van der Waals surface area contributed by atoms with Crippen LogP contribution < -0.4 is 10.1 Å². The molecule has 0 heterocycles. The lowest BCUT2D eigenvalue weighted by Gasteiger charge is -2.19. The first-order valence-corrected chi connectivity index (χ1v) is 9.43. The third-order valence-corrected chi connectivity index (χ3v) is 5.31. The molecule has 3 aromatic carbocycles. The zero-order chi connectivity index (χ0) is 20.4. The van der Waals surface area contributed by atoms with Gasteiger partial charge in [0.15, 0.2) is 0 Å². The van der Waals surface area contributed by atoms with Crippen LogP contribution in [0.25, 0.3) is 11.1 Å². The molecule has 4 rings (SSSR count). The predicted molar refractivity (Wildman–Crippen MR) is 110 cm³/mol. The number of ether oxygens (including phenoxy) is 1. The van der Waals surface area contributed by atoms with Crippen LogP contribution in [0.3, 0.4) is 0 Å². The summed E-state index contributed by atoms with van der Waals surface area (Å²) in [7, 11) is 1.58. The van der Waals surface area contributed by atoms with Crippen LogP contribution in [0.4, 0.5) is 0 Å². The van der Waals surface area contributed by atoms with Gasteiger partial charge in [-0.1, -0.05) is 60.7 Å². The molecule has 0 bridgehead atoms. The molecule has 29 heavy (non-hydrogen) atoms. The highest BCUT2D eigenvalue weighted by molar-refractivity contribution is 5.97. The number of hydrogen-bond donors (Lipinski definition) is 2. The largest absolute Gasteiger partial charge is 0.497 e. The number of carbonyl (C=O) groups is 2. The molecule has 1 amide bonds. The van der Waals surface area contributed by atoms with Crippen molar-refractivity contribution in [3.63, 3.8) is 0 Å². The van der Waals surface area contributed by atoms with E-state index in [1.165, 1.54) is 0 Å². The minimum Gasteiger partial charge on any atom is -0.497 e. The highest BCUT2D eigenvalue weighted by atomic mass is 16.5. The Morgan fingerprint density at radius 1 is 0.931 bits per heavy atom. The van der Waals surface area contributed by atoms with Gasteiger partial charge in [0.25, 0.3) is 0 Å². The second-order valence-electron chi connectivity index (χ2n) is 7.06. The fourth-order valence-corrected chi connectivity index (χ4v) is 3.89. The molecule has 0 unspecified atom stereocenters. The van der Waals surface area contributed by atoms with Crippen LogP contribution in [0.5, 0.6) is 5.75 Å². The van der Waals surface area contributed by atoms with Gasteiger partial charge < -0.3 is 15.2 Å². The number of carboxylic acid groups (broad SMARTS) is 1. The Morgan fingerprint density at radius 2 is 1.48 bits per heavy atom. The number of rotatable bonds is 6. The van der Waals surface area contributed by atoms with E-state index in [9.17, 15) is 14.7 Å². The summed E-state index contributed by atoms with van der Waals surface area (Å²) in [6.07, 6.45) is 0.196. The third-order valence-electron chi connectivity index (χ3n) is 5.31. The summed E-state index contributed by atoms with van der Waals surface area (Å²) in [6.45, 7) is 0. The first-order chi connectivity index (χ1) is 14.1. The van der Waals surface area contributed by atoms with Gasteiger partial charge in [-0.15, -0.1) is 0 Å². The molecule has 5 heteroatoms. The van der Waals surface area contributed by atoms with Crippen LogP contribution in [0.1, 0.15) is 22.6 Å². The quantitative estimate of drug-likeness (QED) is 0.677. The number of hydrogen-bond acceptors (Lipinski definition) is 3. The molecule has 5 nitrogen and oxygen atoms in total. The van der Waals surface area contributed by atoms with Gasteiger partial charge in [0, 0.05) is 6.42 Å². The zero-order valence-electron chi connectivity index (χ0n) is 16.0. The van der Waals surface area contributed by atoms with Crippen molar-refractivity contribution in [2.75, 3.05) is 7.11 Å². The summed E-state index contributed by atoms with van der Waals surface area (Å²) in [5.74, 6) is -1.18. The molecule has 0 fully saturated rings. The lowest BCUT2D eigenvalue weighted by atomic mass is 9.95. The summed E-state index contributed by atoms with van der Waals surface area (Å²) in [5.41, 5.74) is 4.65. The van der Waals surface area contributed by atoms with Crippen LogP contribution in [0.15, 0.2) is 72.8 Å². The van der Waals surface area contributed by atoms with Crippen LogP contribution in [0.2, 0.25) is 0 Å². The summed E-state index contributed by atoms with van der Waals surface area (Å²) in [6, 6.07) is 21.7. The van der Waals surface area contributed by atoms with Crippen molar-refractivity contribution >= 4 is 11.9 Å². The first-order valence-electron chi connectivity index (χ1n) is 9.43. The number of carboxylic acids is 1. The Balaban J connectivity index is 1.59. The Morgan fingerprint density at radius 3 is 2.00 bits per heavy atom. The third kappa shape index (κ3) is 3.59. The predicted octanol–water partition coefficient (Wildman–Crippen LogP) is 3.62. The summed E-state index contributed by atoms with van der Waals surface area (Å²) >= 11 is 0. The van der Waals surface area contributed by atoms with E-state index in [-0.39, 0.29) is 12.3 Å². The average molecular weight is 387 g/mol. The Kier molecular flexibility index (Phi) is 5.04. The van der Waals surface area contributed by atoms with Crippen molar-refractivity contribution in [2.45, 2.75) is 18.4 Å². The molecule has 0 aliphatic heterocycles. The van der Waals surface area contributed by atoms with E-state index < -0.39 is 17.9 Å². The number of aliphatic carboxylic acids is 1. The van der Waals surface area contributed by atoms with E-state index in [1.54, 1.807) is 31.4 Å². The zero-order valence-corrected chi connectivity index (χ0v) is 16.0. The molecule has 0 aromatic heterocycles. The SMILES string of the molecule is COc1ccc(C[C@@H](NC(=O)C2c3ccccc3-c3ccccc32)C(=O)O)cc1. The number of methoxy groups -OCH3 is 1. The van der Waals surface area contributed by atoms with Gasteiger partial charge >= 0.3 is 5.97 Å². The average Bonchev–Trinajstić information content (AvgIpc) is 3.08. The number of carbonyl (C=O) groups excluding carboxylic acids is 1. The van der Waals surface area contributed by atoms with Gasteiger partial charge in [-0.05, 0) is 39.9 Å². The fourth-order valence-electron chi connectivity index (χ4n) is 3.89. The van der Waals surface area contributed by atoms with Gasteiger partial charge in [0.05, 0.1) is 13.0 Å². The van der Waals surface area contributed by atoms with Crippen molar-refractivity contribution in [2.24, 2.45) is 0 Å². The van der Waals surface area contributed by atoms with Gasteiger partial charge in [-0.2, -0.15) is 0 Å². The van der Waals surface area contributed by atoms with Crippen molar-refractivity contribution in [1.82, 2.24) is 5.32 Å². The van der Waals surface area contributed by atoms with Crippen molar-refractivity contribution in [3.8, 4) is 16.9 Å². The van der Waals surface area contributed by atoms with Crippen LogP contribution in [-0.2, 0) is 16.0 Å². The second kappa shape index (κ2) is 7.80. The van der Waals surface area contributed by atoms with Gasteiger partial charge in [0.1, 0.15) is 11.8 Å². The lowest BCUT2D eigenvalue weighted by Crippen LogP contribution is -2.44. The minimum absolute atomic E-state index is 0.196. The second-order valence-corrected chi connectivity index (χ2v) is 7.06. The monoisotopic (exact) mass is 387 g/mol. The maximum atomic E-state index is 13.2. The van der Waals surface area contributed by atoms with Gasteiger partial charge in [-0.3, -0.25) is 4.79 Å². The number of benzene rings is 3. The highest BCUT2D eigenvalue weighted by Gasteiger charge is 2.35. The molecule has 1 atom stereocenters. The molecule has 0 saturated heterocycles. The Labute approximate surface area is 169 Å². The van der Waals surface area contributed by atoms with E-state index in [2.05, 4.69) is 5.32 Å². The number of fused-ring (bicyclic) bond motifs is 3. The van der Waals surface area contributed by atoms with Crippen molar-refractivity contribution in [1.29, 1.82) is 0 Å². The Hall–Kier alpha value is -3.60. The highest BCUT2D eigenvalue weighted by Crippen LogP contribution is 2.44. The van der Waals surface area contributed by atoms with Gasteiger partial charge in [0.2, 0.25) is 5.91 Å². The molecular weight excluding hydrogens is 366 g/mol. The number of nitrogens with one attached hydrogen (secondary N) is 1. The van der Waals surface area contributed by atoms with Crippen LogP contribution in [0, 0.1) is 0 Å². The molecule has 2 N–H and O–H groups in total. The van der Waals surface area contributed by atoms with Crippen LogP contribution in [-0.4, -0.2) is 30.1 Å². The Bertz CT molecular complexity index is 1010. The summed E-state index contributed by atoms with van der Waals surface area (Å²) in [5, 5.41) is 12.4. The van der Waals surface area contributed by atoms with Gasteiger partial charge in [-0.25, -0.2) is 4.79 Å². The van der Waals surface area contributed by atoms with Crippen LogP contribution >= 0.6 is 0 Å². The molecule has 0 radical (unpaired) electrons. The topological polar surface area (TPSA) is 75.6 Å². The molecule has 0 spiro atoms. The van der Waals surface area contributed by atoms with E-state index in [4.69, 9.17) is 4.74 Å². The summed E-state index contributed by atoms with van der Waals surface area (Å²) in [4.78, 5) is 25.0. The summed E-state index contributed by atoms with van der Waals surface area (Å²) < 4.78 is 5.13. The maximum Gasteiger partial charge on any atom is 0.326 e. The van der Waals surface area contributed by atoms with E-state index in [1.807, 2.05) is 48.5 Å². The van der Waals surface area contributed by atoms with E-state index in [0.29, 0.717) is 5.75 Å². The standard InChI is InChI=1S/C24H21NO4/c1-29-16-12-10-15(11-13-16)14-21(24(27)28)25-23(26)22-19-8-4-2-6-17(19)18-7-3-5-9-20(18)22/h2-13,21-22H,14H2,1H3,(H,25,26)(H,27,28)/t21-/m1/s1. The van der Waals surface area contributed by atoms with E-state index in [0.717, 1.165) is 27.8 Å². The van der Waals surface area contributed by atoms with E-state index >= 15 is 0 Å². The molecule has 146 valence electrons. The molecule has 3 aromatic rings. The van der Waals surface area contributed by atoms with Crippen molar-refractivity contribution in [3.05, 3.63) is 89.5 Å². The smallest absolute Gasteiger partial charge is 0.326 e. The number of amides is 1. The van der Waals surface area contributed by atoms with Crippen molar-refractivity contribution < 1.29 is 19.4 Å². The molecule has 1 aliphatic rings. The fraction of sp³-hybridized carbons (Fsp3) is 0.167. The lowest BCUT2D eigenvalue weighted by molar-refractivity contribution is -0.141.